The highest BCUT2D eigenvalue weighted by atomic mass is 32.2. The van der Waals surface area contributed by atoms with E-state index in [2.05, 4.69) is 0 Å². The van der Waals surface area contributed by atoms with E-state index in [9.17, 15) is 21.6 Å². The van der Waals surface area contributed by atoms with Gasteiger partial charge in [-0.15, -0.1) is 0 Å². The number of fused-ring (bicyclic) bond motifs is 1. The Kier molecular flexibility index (Phi) is 5.85. The number of hydrogen-bond acceptors (Lipinski definition) is 7. The molecular formula is C24H20O7S2. The summed E-state index contributed by atoms with van der Waals surface area (Å²) in [5.74, 6) is -0.716. The van der Waals surface area contributed by atoms with E-state index in [1.165, 1.54) is 55.7 Å². The number of carbonyl (C=O) groups excluding carboxylic acids is 1. The van der Waals surface area contributed by atoms with Gasteiger partial charge < -0.3 is 8.92 Å². The molecule has 0 saturated carbocycles. The molecule has 0 amide bonds. The molecule has 0 fully saturated rings. The van der Waals surface area contributed by atoms with Crippen molar-refractivity contribution in [2.24, 2.45) is 0 Å². The highest BCUT2D eigenvalue weighted by Crippen LogP contribution is 2.33. The van der Waals surface area contributed by atoms with Gasteiger partial charge in [-0.2, -0.15) is 8.42 Å². The first-order valence-corrected chi connectivity index (χ1v) is 12.9. The molecule has 0 aromatic heterocycles. The minimum atomic E-state index is -4.09. The molecule has 0 saturated heterocycles. The molecule has 0 N–H and O–H groups in total. The van der Waals surface area contributed by atoms with Crippen LogP contribution in [0.5, 0.6) is 11.5 Å². The summed E-state index contributed by atoms with van der Waals surface area (Å²) in [5, 5.41) is 0. The standard InChI is InChI=1S/C24H20O7S2/c1-16-7-10-19(11-8-16)33(28,29)31-21-12-9-17(14-22(21)30-2)13-18-15-32(26,27)23-6-4-3-5-20(23)24(18)25/h3-14H,15H2,1-2H3/b18-13-. The van der Waals surface area contributed by atoms with E-state index < -0.39 is 25.7 Å². The summed E-state index contributed by atoms with van der Waals surface area (Å²) in [6.45, 7) is 1.84. The maximum Gasteiger partial charge on any atom is 0.339 e. The van der Waals surface area contributed by atoms with Gasteiger partial charge in [-0.1, -0.05) is 35.9 Å². The van der Waals surface area contributed by atoms with Crippen LogP contribution in [0.3, 0.4) is 0 Å². The van der Waals surface area contributed by atoms with E-state index in [1.807, 2.05) is 6.92 Å². The van der Waals surface area contributed by atoms with Crippen LogP contribution >= 0.6 is 0 Å². The summed E-state index contributed by atoms with van der Waals surface area (Å²) in [4.78, 5) is 12.9. The zero-order chi connectivity index (χ0) is 23.8. The number of hydrogen-bond donors (Lipinski definition) is 0. The Morgan fingerprint density at radius 1 is 0.939 bits per heavy atom. The molecule has 3 aromatic carbocycles. The van der Waals surface area contributed by atoms with Gasteiger partial charge in [0.25, 0.3) is 0 Å². The van der Waals surface area contributed by atoms with Gasteiger partial charge in [-0.3, -0.25) is 4.79 Å². The summed E-state index contributed by atoms with van der Waals surface area (Å²) in [7, 11) is -6.39. The van der Waals surface area contributed by atoms with E-state index >= 15 is 0 Å². The number of carbonyl (C=O) groups is 1. The lowest BCUT2D eigenvalue weighted by Crippen LogP contribution is -2.24. The molecule has 0 spiro atoms. The molecule has 0 bridgehead atoms. The highest BCUT2D eigenvalue weighted by molar-refractivity contribution is 7.92. The van der Waals surface area contributed by atoms with Crippen molar-refractivity contribution < 1.29 is 30.6 Å². The quantitative estimate of drug-likeness (QED) is 0.400. The predicted molar refractivity (Wildman–Crippen MR) is 123 cm³/mol. The van der Waals surface area contributed by atoms with E-state index in [1.54, 1.807) is 24.3 Å². The van der Waals surface area contributed by atoms with Crippen LogP contribution in [0.1, 0.15) is 21.5 Å². The lowest BCUT2D eigenvalue weighted by molar-refractivity contribution is 0.103. The molecular weight excluding hydrogens is 464 g/mol. The van der Waals surface area contributed by atoms with E-state index in [-0.39, 0.29) is 38.2 Å². The summed E-state index contributed by atoms with van der Waals surface area (Å²) >= 11 is 0. The number of Topliss-reactive ketones (excluding diaryl/α,β-unsaturated/α-hetero) is 1. The molecule has 1 aliphatic rings. The molecule has 0 radical (unpaired) electrons. The zero-order valence-corrected chi connectivity index (χ0v) is 19.4. The lowest BCUT2D eigenvalue weighted by atomic mass is 10.0. The van der Waals surface area contributed by atoms with Crippen LogP contribution in [-0.4, -0.2) is 35.5 Å². The fourth-order valence-electron chi connectivity index (χ4n) is 3.47. The first-order chi connectivity index (χ1) is 15.6. The zero-order valence-electron chi connectivity index (χ0n) is 17.8. The number of sulfone groups is 1. The maximum atomic E-state index is 12.8. The number of rotatable bonds is 5. The predicted octanol–water partition coefficient (Wildman–Crippen LogP) is 3.82. The number of aryl methyl sites for hydroxylation is 1. The third kappa shape index (κ3) is 4.55. The topological polar surface area (TPSA) is 104 Å². The fourth-order valence-corrected chi connectivity index (χ4v) is 5.97. The summed E-state index contributed by atoms with van der Waals surface area (Å²) in [5.41, 5.74) is 1.61. The van der Waals surface area contributed by atoms with Crippen molar-refractivity contribution in [1.82, 2.24) is 0 Å². The number of methoxy groups -OCH3 is 1. The van der Waals surface area contributed by atoms with E-state index in [4.69, 9.17) is 8.92 Å². The lowest BCUT2D eigenvalue weighted by Gasteiger charge is -2.18. The second kappa shape index (κ2) is 8.49. The second-order valence-electron chi connectivity index (χ2n) is 7.51. The molecule has 0 atom stereocenters. The Balaban J connectivity index is 1.67. The van der Waals surface area contributed by atoms with Crippen LogP contribution in [0.4, 0.5) is 0 Å². The number of ketones is 1. The van der Waals surface area contributed by atoms with Gasteiger partial charge in [0.1, 0.15) is 4.90 Å². The molecule has 33 heavy (non-hydrogen) atoms. The summed E-state index contributed by atoms with van der Waals surface area (Å²) in [6.07, 6.45) is 1.45. The molecule has 0 unspecified atom stereocenters. The SMILES string of the molecule is COc1cc(/C=C2/CS(=O)(=O)c3ccccc3C2=O)ccc1OS(=O)(=O)c1ccc(C)cc1. The summed E-state index contributed by atoms with van der Waals surface area (Å²) in [6, 6.07) is 16.7. The van der Waals surface area contributed by atoms with Gasteiger partial charge in [-0.05, 0) is 55.0 Å². The van der Waals surface area contributed by atoms with Gasteiger partial charge in [-0.25, -0.2) is 8.42 Å². The number of benzene rings is 3. The minimum Gasteiger partial charge on any atom is -0.493 e. The Bertz CT molecular complexity index is 1480. The van der Waals surface area contributed by atoms with Crippen molar-refractivity contribution in [3.63, 3.8) is 0 Å². The van der Waals surface area contributed by atoms with Gasteiger partial charge in [0, 0.05) is 11.1 Å². The van der Waals surface area contributed by atoms with Gasteiger partial charge in [0.15, 0.2) is 27.1 Å². The Labute approximate surface area is 192 Å². The van der Waals surface area contributed by atoms with Crippen LogP contribution in [0.25, 0.3) is 6.08 Å². The number of ether oxygens (including phenoxy) is 1. The first-order valence-electron chi connectivity index (χ1n) is 9.87. The molecule has 7 nitrogen and oxygen atoms in total. The third-order valence-corrected chi connectivity index (χ3v) is 8.11. The van der Waals surface area contributed by atoms with Crippen molar-refractivity contribution in [1.29, 1.82) is 0 Å². The van der Waals surface area contributed by atoms with Crippen molar-refractivity contribution in [3.05, 3.63) is 89.0 Å². The molecule has 9 heteroatoms. The average Bonchev–Trinajstić information content (AvgIpc) is 2.78. The van der Waals surface area contributed by atoms with Crippen LogP contribution in [0, 0.1) is 6.92 Å². The molecule has 3 aromatic rings. The molecule has 4 rings (SSSR count). The van der Waals surface area contributed by atoms with Crippen LogP contribution in [-0.2, 0) is 20.0 Å². The third-order valence-electron chi connectivity index (χ3n) is 5.14. The first kappa shape index (κ1) is 22.8. The van der Waals surface area contributed by atoms with Crippen LogP contribution in [0.2, 0.25) is 0 Å². The van der Waals surface area contributed by atoms with Crippen molar-refractivity contribution in [2.45, 2.75) is 16.7 Å². The monoisotopic (exact) mass is 484 g/mol. The maximum absolute atomic E-state index is 12.8. The Morgan fingerprint density at radius 3 is 2.33 bits per heavy atom. The van der Waals surface area contributed by atoms with Gasteiger partial charge >= 0.3 is 10.1 Å². The smallest absolute Gasteiger partial charge is 0.339 e. The van der Waals surface area contributed by atoms with Crippen molar-refractivity contribution in [3.8, 4) is 11.5 Å². The normalized spacial score (nSPS) is 16.3. The Morgan fingerprint density at radius 2 is 1.64 bits per heavy atom. The van der Waals surface area contributed by atoms with Crippen molar-refractivity contribution >= 4 is 31.8 Å². The minimum absolute atomic E-state index is 0.00183. The molecule has 1 heterocycles. The average molecular weight is 485 g/mol. The van der Waals surface area contributed by atoms with E-state index in [0.717, 1.165) is 5.56 Å². The second-order valence-corrected chi connectivity index (χ2v) is 11.0. The largest absolute Gasteiger partial charge is 0.493 e. The summed E-state index contributed by atoms with van der Waals surface area (Å²) < 4.78 is 61.0. The van der Waals surface area contributed by atoms with Gasteiger partial charge in [0.05, 0.1) is 17.8 Å². The highest BCUT2D eigenvalue weighted by Gasteiger charge is 2.32. The molecule has 0 aliphatic carbocycles. The van der Waals surface area contributed by atoms with E-state index in [0.29, 0.717) is 5.56 Å². The van der Waals surface area contributed by atoms with Crippen LogP contribution in [0.15, 0.2) is 82.1 Å². The molecule has 1 aliphatic heterocycles. The fraction of sp³-hybridized carbons (Fsp3) is 0.125. The van der Waals surface area contributed by atoms with Crippen LogP contribution < -0.4 is 8.92 Å². The molecule has 170 valence electrons. The van der Waals surface area contributed by atoms with Gasteiger partial charge in [0.2, 0.25) is 0 Å². The van der Waals surface area contributed by atoms with Crippen molar-refractivity contribution in [2.75, 3.05) is 12.9 Å². The Hall–Kier alpha value is -3.43.